The first-order valence-electron chi connectivity index (χ1n) is 9.18. The maximum absolute atomic E-state index is 12.3. The summed E-state index contributed by atoms with van der Waals surface area (Å²) in [7, 11) is 0. The molecule has 0 radical (unpaired) electrons. The molecule has 140 valence electrons. The minimum Gasteiger partial charge on any atom is -0.366 e. The summed E-state index contributed by atoms with van der Waals surface area (Å²) < 4.78 is 5.06. The number of nitrogens with zero attached hydrogens (tertiary/aromatic N) is 3. The van der Waals surface area contributed by atoms with Crippen molar-refractivity contribution in [3.8, 4) is 0 Å². The predicted molar refractivity (Wildman–Crippen MR) is 102 cm³/mol. The molecule has 1 amide bonds. The Morgan fingerprint density at radius 3 is 2.77 bits per heavy atom. The van der Waals surface area contributed by atoms with E-state index in [9.17, 15) is 4.79 Å². The lowest BCUT2D eigenvalue weighted by Gasteiger charge is -2.31. The summed E-state index contributed by atoms with van der Waals surface area (Å²) in [6.07, 6.45) is 4.16. The number of carbonyl (C=O) groups excluding carboxylic acids is 1. The lowest BCUT2D eigenvalue weighted by molar-refractivity contribution is -0.117. The molecule has 3 rings (SSSR count). The summed E-state index contributed by atoms with van der Waals surface area (Å²) in [5.74, 6) is 0.696. The van der Waals surface area contributed by atoms with Gasteiger partial charge in [0.15, 0.2) is 0 Å². The van der Waals surface area contributed by atoms with Crippen molar-refractivity contribution in [1.82, 2.24) is 10.1 Å². The van der Waals surface area contributed by atoms with Crippen LogP contribution >= 0.6 is 0 Å². The van der Waals surface area contributed by atoms with Crippen LogP contribution in [0.25, 0.3) is 0 Å². The normalized spacial score (nSPS) is 14.3. The average Bonchev–Trinajstić information content (AvgIpc) is 2.92. The number of fused-ring (bicyclic) bond motifs is 1. The molecule has 6 nitrogen and oxygen atoms in total. The number of nitrogens with one attached hydrogen (secondary N) is 1. The van der Waals surface area contributed by atoms with Crippen molar-refractivity contribution in [2.45, 2.75) is 60.4 Å². The summed E-state index contributed by atoms with van der Waals surface area (Å²) in [5, 5.41) is 6.96. The second-order valence-electron chi connectivity index (χ2n) is 8.36. The van der Waals surface area contributed by atoms with E-state index in [2.05, 4.69) is 42.2 Å². The molecule has 0 bridgehead atoms. The maximum Gasteiger partial charge on any atom is 0.226 e. The number of aryl methyl sites for hydroxylation is 3. The van der Waals surface area contributed by atoms with E-state index in [1.807, 2.05) is 13.8 Å². The highest BCUT2D eigenvalue weighted by Crippen LogP contribution is 2.31. The lowest BCUT2D eigenvalue weighted by Crippen LogP contribution is -2.30. The number of anilines is 2. The van der Waals surface area contributed by atoms with Crippen molar-refractivity contribution < 1.29 is 9.32 Å². The number of hydrogen-bond acceptors (Lipinski definition) is 5. The van der Waals surface area contributed by atoms with E-state index < -0.39 is 0 Å². The second-order valence-corrected chi connectivity index (χ2v) is 8.36. The SMILES string of the molecule is Cc1cc2c(nc1NC(=O)CC(C)(C)C)CCCN2Cc1conc1C. The number of hydrogen-bond donors (Lipinski definition) is 1. The van der Waals surface area contributed by atoms with Crippen LogP contribution in [0.15, 0.2) is 16.9 Å². The second kappa shape index (κ2) is 7.09. The Morgan fingerprint density at radius 2 is 2.12 bits per heavy atom. The monoisotopic (exact) mass is 356 g/mol. The molecule has 0 aromatic carbocycles. The van der Waals surface area contributed by atoms with Crippen LogP contribution < -0.4 is 10.2 Å². The lowest BCUT2D eigenvalue weighted by atomic mass is 9.92. The third kappa shape index (κ3) is 4.23. The van der Waals surface area contributed by atoms with Gasteiger partial charge in [0.1, 0.15) is 12.1 Å². The van der Waals surface area contributed by atoms with Crippen molar-refractivity contribution in [2.24, 2.45) is 5.41 Å². The Balaban J connectivity index is 1.81. The summed E-state index contributed by atoms with van der Waals surface area (Å²) in [6.45, 7) is 11.9. The standard InChI is InChI=1S/C20H28N4O2/c1-13-9-17-16(21-19(13)22-18(25)10-20(3,4)5)7-6-8-24(17)11-15-12-26-23-14(15)2/h9,12H,6-8,10-11H2,1-5H3,(H,21,22,25). The highest BCUT2D eigenvalue weighted by molar-refractivity contribution is 5.91. The van der Waals surface area contributed by atoms with Crippen LogP contribution in [0.1, 0.15) is 56.1 Å². The van der Waals surface area contributed by atoms with Crippen LogP contribution in [0.3, 0.4) is 0 Å². The van der Waals surface area contributed by atoms with Crippen LogP contribution in [-0.2, 0) is 17.8 Å². The van der Waals surface area contributed by atoms with Gasteiger partial charge in [-0.2, -0.15) is 0 Å². The third-order valence-corrected chi connectivity index (χ3v) is 4.61. The molecule has 0 unspecified atom stereocenters. The molecule has 3 heterocycles. The predicted octanol–water partition coefficient (Wildman–Crippen LogP) is 4.01. The zero-order valence-electron chi connectivity index (χ0n) is 16.3. The molecule has 2 aromatic heterocycles. The molecular formula is C20H28N4O2. The highest BCUT2D eigenvalue weighted by Gasteiger charge is 2.23. The largest absolute Gasteiger partial charge is 0.366 e. The van der Waals surface area contributed by atoms with E-state index in [1.165, 1.54) is 0 Å². The number of rotatable bonds is 4. The van der Waals surface area contributed by atoms with Crippen LogP contribution in [0.5, 0.6) is 0 Å². The van der Waals surface area contributed by atoms with Crippen molar-refractivity contribution in [2.75, 3.05) is 16.8 Å². The molecule has 0 aliphatic carbocycles. The maximum atomic E-state index is 12.3. The van der Waals surface area contributed by atoms with Gasteiger partial charge in [-0.3, -0.25) is 4.79 Å². The van der Waals surface area contributed by atoms with Gasteiger partial charge in [-0.1, -0.05) is 25.9 Å². The first kappa shape index (κ1) is 18.4. The van der Waals surface area contributed by atoms with Crippen molar-refractivity contribution >= 4 is 17.4 Å². The molecule has 0 spiro atoms. The van der Waals surface area contributed by atoms with Gasteiger partial charge in [0.2, 0.25) is 5.91 Å². The molecule has 0 saturated heterocycles. The molecule has 0 fully saturated rings. The molecule has 1 aliphatic heterocycles. The molecular weight excluding hydrogens is 328 g/mol. The van der Waals surface area contributed by atoms with Crippen molar-refractivity contribution in [3.63, 3.8) is 0 Å². The van der Waals surface area contributed by atoms with Gasteiger partial charge < -0.3 is 14.7 Å². The smallest absolute Gasteiger partial charge is 0.226 e. The number of carbonyl (C=O) groups is 1. The van der Waals surface area contributed by atoms with E-state index in [-0.39, 0.29) is 11.3 Å². The summed E-state index contributed by atoms with van der Waals surface area (Å²) in [4.78, 5) is 19.4. The summed E-state index contributed by atoms with van der Waals surface area (Å²) >= 11 is 0. The van der Waals surface area contributed by atoms with Gasteiger partial charge in [0.25, 0.3) is 0 Å². The molecule has 0 saturated carbocycles. The first-order valence-corrected chi connectivity index (χ1v) is 9.18. The minimum atomic E-state index is -0.0422. The van der Waals surface area contributed by atoms with E-state index in [0.29, 0.717) is 12.2 Å². The van der Waals surface area contributed by atoms with Gasteiger partial charge in [0.05, 0.1) is 17.1 Å². The fourth-order valence-electron chi connectivity index (χ4n) is 3.27. The van der Waals surface area contributed by atoms with Crippen LogP contribution in [0.2, 0.25) is 0 Å². The summed E-state index contributed by atoms with van der Waals surface area (Å²) in [5.41, 5.74) is 5.15. The van der Waals surface area contributed by atoms with Crippen molar-refractivity contribution in [3.05, 3.63) is 34.8 Å². The zero-order chi connectivity index (χ0) is 18.9. The third-order valence-electron chi connectivity index (χ3n) is 4.61. The van der Waals surface area contributed by atoms with Gasteiger partial charge in [-0.05, 0) is 43.7 Å². The zero-order valence-corrected chi connectivity index (χ0v) is 16.3. The molecule has 1 aliphatic rings. The quantitative estimate of drug-likeness (QED) is 0.896. The summed E-state index contributed by atoms with van der Waals surface area (Å²) in [6, 6.07) is 2.14. The Hall–Kier alpha value is -2.37. The first-order chi connectivity index (χ1) is 12.2. The molecule has 6 heteroatoms. The Morgan fingerprint density at radius 1 is 1.35 bits per heavy atom. The van der Waals surface area contributed by atoms with E-state index in [0.717, 1.165) is 54.1 Å². The topological polar surface area (TPSA) is 71.3 Å². The van der Waals surface area contributed by atoms with Gasteiger partial charge in [-0.15, -0.1) is 0 Å². The van der Waals surface area contributed by atoms with E-state index >= 15 is 0 Å². The fourth-order valence-corrected chi connectivity index (χ4v) is 3.27. The van der Waals surface area contributed by atoms with Crippen LogP contribution in [0, 0.1) is 19.3 Å². The Kier molecular flexibility index (Phi) is 5.03. The number of amides is 1. The molecule has 26 heavy (non-hydrogen) atoms. The highest BCUT2D eigenvalue weighted by atomic mass is 16.5. The average molecular weight is 356 g/mol. The molecule has 1 N–H and O–H groups in total. The number of aromatic nitrogens is 2. The van der Waals surface area contributed by atoms with E-state index in [1.54, 1.807) is 6.26 Å². The van der Waals surface area contributed by atoms with Crippen molar-refractivity contribution in [1.29, 1.82) is 0 Å². The van der Waals surface area contributed by atoms with E-state index in [4.69, 9.17) is 9.51 Å². The molecule has 2 aromatic rings. The fraction of sp³-hybridized carbons (Fsp3) is 0.550. The minimum absolute atomic E-state index is 0.0146. The van der Waals surface area contributed by atoms with Gasteiger partial charge in [0, 0.05) is 25.1 Å². The number of pyridine rings is 1. The van der Waals surface area contributed by atoms with Gasteiger partial charge >= 0.3 is 0 Å². The van der Waals surface area contributed by atoms with Gasteiger partial charge in [-0.25, -0.2) is 4.98 Å². The van der Waals surface area contributed by atoms with Crippen LogP contribution in [0.4, 0.5) is 11.5 Å². The molecule has 0 atom stereocenters. The Labute approximate surface area is 155 Å². The van der Waals surface area contributed by atoms with Crippen LogP contribution in [-0.4, -0.2) is 22.6 Å². The Bertz CT molecular complexity index is 805.